The summed E-state index contributed by atoms with van der Waals surface area (Å²) in [4.78, 5) is 43.1. The molecule has 0 radical (unpaired) electrons. The third kappa shape index (κ3) is 3.77. The second kappa shape index (κ2) is 9.21. The lowest BCUT2D eigenvalue weighted by molar-refractivity contribution is -0.148. The smallest absolute Gasteiger partial charge is 0.255 e. The van der Waals surface area contributed by atoms with Crippen LogP contribution in [0.1, 0.15) is 47.7 Å². The number of carbonyl (C=O) groups is 3. The third-order valence-electron chi connectivity index (χ3n) is 8.97. The molecule has 10 nitrogen and oxygen atoms in total. The molecule has 10 heteroatoms. The first-order valence-electron chi connectivity index (χ1n) is 13.1. The van der Waals surface area contributed by atoms with Crippen molar-refractivity contribution in [2.75, 3.05) is 27.2 Å². The van der Waals surface area contributed by atoms with E-state index in [1.54, 1.807) is 19.0 Å². The number of amides is 1. The number of hydrogen-bond donors (Lipinski definition) is 5. The van der Waals surface area contributed by atoms with Gasteiger partial charge in [0.2, 0.25) is 5.78 Å². The van der Waals surface area contributed by atoms with Crippen LogP contribution in [0.15, 0.2) is 34.8 Å². The number of allylic oxidation sites excluding steroid dienone is 1. The van der Waals surface area contributed by atoms with Crippen molar-refractivity contribution in [3.05, 3.63) is 51.5 Å². The number of ketones is 2. The molecule has 0 aromatic heterocycles. The zero-order valence-corrected chi connectivity index (χ0v) is 21.9. The Hall–Kier alpha value is -3.21. The van der Waals surface area contributed by atoms with Gasteiger partial charge < -0.3 is 26.2 Å². The third-order valence-corrected chi connectivity index (χ3v) is 8.97. The summed E-state index contributed by atoms with van der Waals surface area (Å²) in [5.41, 5.74) is 3.49. The number of likely N-dealkylation sites (tertiary alicyclic amines) is 1. The SMILES string of the molecule is CC1CCN(Cc2ccc(O)c3c2C[C@H]2C[C@H]4[C@@H](N(C)C)C(O)=C(C(N)=O)C(=O)[C@@]4(O)C(O)=C2C3=O)CC1. The number of phenolic OH excluding ortho intramolecular Hbond substituents is 1. The summed E-state index contributed by atoms with van der Waals surface area (Å²) in [6.07, 6.45) is 2.57. The number of likely N-dealkylation sites (N-methyl/N-ethyl adjacent to an activating group) is 1. The highest BCUT2D eigenvalue weighted by atomic mass is 16.3. The zero-order chi connectivity index (χ0) is 27.7. The van der Waals surface area contributed by atoms with Gasteiger partial charge in [-0.3, -0.25) is 24.2 Å². The summed E-state index contributed by atoms with van der Waals surface area (Å²) in [5, 5.41) is 44.6. The lowest BCUT2D eigenvalue weighted by atomic mass is 9.58. The van der Waals surface area contributed by atoms with Crippen LogP contribution in [-0.2, 0) is 22.6 Å². The number of nitrogens with two attached hydrogens (primary N) is 1. The maximum Gasteiger partial charge on any atom is 0.255 e. The summed E-state index contributed by atoms with van der Waals surface area (Å²) in [7, 11) is 3.23. The maximum absolute atomic E-state index is 13.8. The highest BCUT2D eigenvalue weighted by Gasteiger charge is 2.63. The number of hydrogen-bond acceptors (Lipinski definition) is 9. The maximum atomic E-state index is 13.8. The van der Waals surface area contributed by atoms with Crippen LogP contribution in [0.3, 0.4) is 0 Å². The summed E-state index contributed by atoms with van der Waals surface area (Å²) in [6, 6.07) is 2.30. The number of piperidine rings is 1. The zero-order valence-electron chi connectivity index (χ0n) is 21.9. The van der Waals surface area contributed by atoms with Crippen molar-refractivity contribution in [3.63, 3.8) is 0 Å². The van der Waals surface area contributed by atoms with E-state index in [-0.39, 0.29) is 23.3 Å². The molecular formula is C28H35N3O7. The molecular weight excluding hydrogens is 490 g/mol. The lowest BCUT2D eigenvalue weighted by Crippen LogP contribution is -2.63. The normalized spacial score (nSPS) is 30.4. The average molecular weight is 526 g/mol. The van der Waals surface area contributed by atoms with Crippen molar-refractivity contribution in [2.24, 2.45) is 23.5 Å². The molecule has 4 atom stereocenters. The number of phenols is 1. The van der Waals surface area contributed by atoms with E-state index in [0.717, 1.165) is 31.5 Å². The number of aliphatic hydroxyl groups is 3. The predicted octanol–water partition coefficient (Wildman–Crippen LogP) is 1.35. The molecule has 3 aliphatic carbocycles. The number of carbonyl (C=O) groups excluding carboxylic acids is 3. The first kappa shape index (κ1) is 26.4. The van der Waals surface area contributed by atoms with Gasteiger partial charge in [0.05, 0.1) is 11.6 Å². The van der Waals surface area contributed by atoms with Gasteiger partial charge in [-0.05, 0) is 81.9 Å². The topological polar surface area (TPSA) is 165 Å². The number of aromatic hydroxyl groups is 1. The molecule has 0 bridgehead atoms. The monoisotopic (exact) mass is 525 g/mol. The molecule has 0 spiro atoms. The van der Waals surface area contributed by atoms with Crippen molar-refractivity contribution in [3.8, 4) is 5.75 Å². The van der Waals surface area contributed by atoms with Gasteiger partial charge in [0.25, 0.3) is 5.91 Å². The van der Waals surface area contributed by atoms with Crippen molar-refractivity contribution < 1.29 is 34.8 Å². The number of primary amides is 1. The molecule has 1 aromatic carbocycles. The Labute approximate surface area is 221 Å². The molecule has 1 fully saturated rings. The molecule has 1 heterocycles. The van der Waals surface area contributed by atoms with Crippen molar-refractivity contribution in [1.82, 2.24) is 9.80 Å². The Morgan fingerprint density at radius 1 is 1.16 bits per heavy atom. The van der Waals surface area contributed by atoms with Gasteiger partial charge in [-0.15, -0.1) is 0 Å². The van der Waals surface area contributed by atoms with Gasteiger partial charge in [0.1, 0.15) is 22.8 Å². The van der Waals surface area contributed by atoms with E-state index in [4.69, 9.17) is 5.73 Å². The van der Waals surface area contributed by atoms with Crippen molar-refractivity contribution in [1.29, 1.82) is 0 Å². The quantitative estimate of drug-likeness (QED) is 0.365. The second-order valence-corrected chi connectivity index (χ2v) is 11.5. The van der Waals surface area contributed by atoms with E-state index in [0.29, 0.717) is 24.4 Å². The van der Waals surface area contributed by atoms with E-state index in [1.165, 1.54) is 6.07 Å². The first-order valence-corrected chi connectivity index (χ1v) is 13.1. The van der Waals surface area contributed by atoms with Crippen LogP contribution < -0.4 is 5.73 Å². The molecule has 204 valence electrons. The fourth-order valence-corrected chi connectivity index (χ4v) is 6.92. The summed E-state index contributed by atoms with van der Waals surface area (Å²) in [6.45, 7) is 4.74. The van der Waals surface area contributed by atoms with Gasteiger partial charge in [-0.2, -0.15) is 0 Å². The van der Waals surface area contributed by atoms with Crippen LogP contribution in [0.25, 0.3) is 0 Å². The Kier molecular flexibility index (Phi) is 6.40. The summed E-state index contributed by atoms with van der Waals surface area (Å²) < 4.78 is 0. The Bertz CT molecular complexity index is 1290. The van der Waals surface area contributed by atoms with Crippen LogP contribution in [0, 0.1) is 17.8 Å². The minimum absolute atomic E-state index is 0.0636. The Morgan fingerprint density at radius 3 is 2.42 bits per heavy atom. The largest absolute Gasteiger partial charge is 0.510 e. The average Bonchev–Trinajstić information content (AvgIpc) is 2.84. The van der Waals surface area contributed by atoms with E-state index in [1.807, 2.05) is 6.07 Å². The van der Waals surface area contributed by atoms with E-state index in [2.05, 4.69) is 11.8 Å². The fraction of sp³-hybridized carbons (Fsp3) is 0.536. The Balaban J connectivity index is 1.61. The van der Waals surface area contributed by atoms with Crippen LogP contribution in [0.2, 0.25) is 0 Å². The van der Waals surface area contributed by atoms with Gasteiger partial charge in [0, 0.05) is 18.0 Å². The van der Waals surface area contributed by atoms with Crippen molar-refractivity contribution in [2.45, 2.75) is 50.8 Å². The summed E-state index contributed by atoms with van der Waals surface area (Å²) >= 11 is 0. The molecule has 6 N–H and O–H groups in total. The number of fused-ring (bicyclic) bond motifs is 3. The Morgan fingerprint density at radius 2 is 1.82 bits per heavy atom. The number of Topliss-reactive ketones (excluding diaryl/α,β-unsaturated/α-hetero) is 2. The van der Waals surface area contributed by atoms with Crippen molar-refractivity contribution >= 4 is 17.5 Å². The van der Waals surface area contributed by atoms with Crippen LogP contribution >= 0.6 is 0 Å². The minimum Gasteiger partial charge on any atom is -0.510 e. The summed E-state index contributed by atoms with van der Waals surface area (Å²) in [5.74, 6) is -5.69. The second-order valence-electron chi connectivity index (χ2n) is 11.5. The van der Waals surface area contributed by atoms with Gasteiger partial charge in [-0.25, -0.2) is 0 Å². The fourth-order valence-electron chi connectivity index (χ4n) is 6.92. The van der Waals surface area contributed by atoms with E-state index < -0.39 is 58.0 Å². The number of aliphatic hydroxyl groups excluding tert-OH is 2. The molecule has 0 saturated carbocycles. The highest BCUT2D eigenvalue weighted by Crippen LogP contribution is 2.52. The van der Waals surface area contributed by atoms with Gasteiger partial charge >= 0.3 is 0 Å². The standard InChI is InChI=1S/C28H35N3O7/c1-13-6-8-31(9-7-13)12-14-4-5-18(32)20-16(14)10-15-11-17-22(30(2)3)24(34)21(27(29)37)26(36)28(17,38)25(35)19(15)23(20)33/h4-5,13,15,17,22,32,34-35,38H,6-12H2,1-3H3,(H2,29,37)/t15-,17-,22+,28-/m0/s1. The molecule has 1 aromatic rings. The van der Waals surface area contributed by atoms with Crippen LogP contribution in [0.4, 0.5) is 0 Å². The van der Waals surface area contributed by atoms with Gasteiger partial charge in [0.15, 0.2) is 11.4 Å². The minimum atomic E-state index is -2.62. The van der Waals surface area contributed by atoms with E-state index >= 15 is 0 Å². The number of rotatable bonds is 4. The van der Waals surface area contributed by atoms with Crippen LogP contribution in [0.5, 0.6) is 5.75 Å². The molecule has 1 aliphatic heterocycles. The highest BCUT2D eigenvalue weighted by molar-refractivity contribution is 6.24. The molecule has 5 rings (SSSR count). The van der Waals surface area contributed by atoms with Crippen LogP contribution in [-0.4, -0.2) is 86.5 Å². The number of nitrogens with zero attached hydrogens (tertiary/aromatic N) is 2. The first-order chi connectivity index (χ1) is 17.9. The molecule has 38 heavy (non-hydrogen) atoms. The van der Waals surface area contributed by atoms with Gasteiger partial charge in [-0.1, -0.05) is 13.0 Å². The molecule has 1 saturated heterocycles. The predicted molar refractivity (Wildman–Crippen MR) is 137 cm³/mol. The lowest BCUT2D eigenvalue weighted by Gasteiger charge is -2.50. The molecule has 0 unspecified atom stereocenters. The van der Waals surface area contributed by atoms with E-state index in [9.17, 15) is 34.8 Å². The molecule has 4 aliphatic rings. The molecule has 1 amide bonds. The number of benzene rings is 1.